The molecule has 0 N–H and O–H groups in total. The Labute approximate surface area is 117 Å². The van der Waals surface area contributed by atoms with Crippen molar-refractivity contribution in [2.45, 2.75) is 13.8 Å². The van der Waals surface area contributed by atoms with Crippen molar-refractivity contribution in [2.75, 3.05) is 0 Å². The second-order valence-corrected chi connectivity index (χ2v) is 4.43. The van der Waals surface area contributed by atoms with Gasteiger partial charge in [0, 0.05) is 0 Å². The van der Waals surface area contributed by atoms with Crippen LogP contribution in [0.1, 0.15) is 16.7 Å². The molecule has 0 aliphatic rings. The van der Waals surface area contributed by atoms with E-state index >= 15 is 0 Å². The third-order valence-corrected chi connectivity index (χ3v) is 2.94. The van der Waals surface area contributed by atoms with Gasteiger partial charge in [0.15, 0.2) is 0 Å². The fourth-order valence-electron chi connectivity index (χ4n) is 1.91. The van der Waals surface area contributed by atoms with Crippen LogP contribution in [-0.4, -0.2) is 16.5 Å². The zero-order valence-corrected chi connectivity index (χ0v) is 11.3. The monoisotopic (exact) mass is 266 g/mol. The van der Waals surface area contributed by atoms with Crippen LogP contribution < -0.4 is 4.74 Å². The molecule has 0 saturated heterocycles. The predicted octanol–water partition coefficient (Wildman–Crippen LogP) is 2.93. The van der Waals surface area contributed by atoms with Gasteiger partial charge in [-0.2, -0.15) is 4.79 Å². The zero-order chi connectivity index (χ0) is 14.5. The molecule has 2 rings (SSSR count). The number of ether oxygens (including phenoxy) is 1. The molecule has 0 spiro atoms. The van der Waals surface area contributed by atoms with Crippen molar-refractivity contribution < 1.29 is 14.3 Å². The average molecular weight is 266 g/mol. The van der Waals surface area contributed by atoms with Gasteiger partial charge in [-0.25, -0.2) is 4.79 Å². The smallest absolute Gasteiger partial charge is 0.417 e. The van der Waals surface area contributed by atoms with E-state index in [4.69, 9.17) is 10.3 Å². The molecule has 0 radical (unpaired) electrons. The molecule has 100 valence electrons. The zero-order valence-electron chi connectivity index (χ0n) is 11.3. The van der Waals surface area contributed by atoms with Crippen LogP contribution in [0.2, 0.25) is 0 Å². The largest absolute Gasteiger partial charge is 0.427 e. The number of para-hydroxylation sites is 1. The minimum atomic E-state index is -0.684. The first kappa shape index (κ1) is 13.7. The quantitative estimate of drug-likeness (QED) is 0.282. The molecule has 0 fully saturated rings. The van der Waals surface area contributed by atoms with Crippen molar-refractivity contribution in [3.63, 3.8) is 0 Å². The number of aryl methyl sites for hydroxylation is 2. The van der Waals surface area contributed by atoms with Gasteiger partial charge in [0.05, 0.1) is 5.56 Å². The Bertz CT molecular complexity index is 667. The Morgan fingerprint density at radius 2 is 1.60 bits per heavy atom. The Morgan fingerprint density at radius 1 is 1.00 bits per heavy atom. The van der Waals surface area contributed by atoms with E-state index in [1.54, 1.807) is 24.3 Å². The summed E-state index contributed by atoms with van der Waals surface area (Å²) in [6, 6.07) is 14.3. The second kappa shape index (κ2) is 5.95. The maximum absolute atomic E-state index is 12.1. The summed E-state index contributed by atoms with van der Waals surface area (Å²) >= 11 is 0. The molecule has 0 aromatic heterocycles. The molecule has 0 aliphatic carbocycles. The summed E-state index contributed by atoms with van der Waals surface area (Å²) in [7, 11) is 0. The molecule has 0 amide bonds. The van der Waals surface area contributed by atoms with Gasteiger partial charge in [0.1, 0.15) is 5.75 Å². The lowest BCUT2D eigenvalue weighted by molar-refractivity contribution is -0.131. The van der Waals surface area contributed by atoms with Gasteiger partial charge in [0.25, 0.3) is 0 Å². The lowest BCUT2D eigenvalue weighted by Gasteiger charge is -2.08. The molecule has 2 aromatic carbocycles. The van der Waals surface area contributed by atoms with Crippen LogP contribution in [-0.2, 0) is 4.79 Å². The molecule has 0 saturated carbocycles. The summed E-state index contributed by atoms with van der Waals surface area (Å²) in [4.78, 5) is 15.2. The molecule has 0 bridgehead atoms. The molecular weight excluding hydrogens is 252 g/mol. The normalized spacial score (nSPS) is 9.70. The summed E-state index contributed by atoms with van der Waals surface area (Å²) in [5.74, 6) is -0.189. The topological polar surface area (TPSA) is 62.7 Å². The van der Waals surface area contributed by atoms with Gasteiger partial charge >= 0.3 is 11.7 Å². The van der Waals surface area contributed by atoms with Gasteiger partial charge in [-0.05, 0) is 37.1 Å². The first-order valence-electron chi connectivity index (χ1n) is 6.19. The van der Waals surface area contributed by atoms with E-state index in [2.05, 4.69) is 4.79 Å². The number of hydrogen-bond acceptors (Lipinski definition) is 2. The standard InChI is InChI=1S/C16H14N2O2/c1-11-7-6-8-12(2)15(11)20-16(19)14(18-17)13-9-4-3-5-10-13/h3-10H,1-2H3. The maximum Gasteiger partial charge on any atom is 0.427 e. The van der Waals surface area contributed by atoms with E-state index < -0.39 is 5.97 Å². The van der Waals surface area contributed by atoms with E-state index in [9.17, 15) is 4.79 Å². The summed E-state index contributed by atoms with van der Waals surface area (Å²) in [6.45, 7) is 3.71. The van der Waals surface area contributed by atoms with Crippen LogP contribution >= 0.6 is 0 Å². The van der Waals surface area contributed by atoms with Crippen molar-refractivity contribution in [2.24, 2.45) is 0 Å². The summed E-state index contributed by atoms with van der Waals surface area (Å²) in [5, 5.41) is 0. The fraction of sp³-hybridized carbons (Fsp3) is 0.125. The number of rotatable bonds is 3. The van der Waals surface area contributed by atoms with E-state index in [0.717, 1.165) is 11.1 Å². The number of hydrogen-bond donors (Lipinski definition) is 0. The molecule has 0 heterocycles. The van der Waals surface area contributed by atoms with Crippen LogP contribution in [0.3, 0.4) is 0 Å². The van der Waals surface area contributed by atoms with Crippen LogP contribution in [0, 0.1) is 13.8 Å². The fourth-order valence-corrected chi connectivity index (χ4v) is 1.91. The molecule has 4 heteroatoms. The highest BCUT2D eigenvalue weighted by atomic mass is 16.5. The highest BCUT2D eigenvalue weighted by Gasteiger charge is 2.26. The highest BCUT2D eigenvalue weighted by Crippen LogP contribution is 2.22. The highest BCUT2D eigenvalue weighted by molar-refractivity contribution is 6.41. The Hall–Kier alpha value is -2.71. The average Bonchev–Trinajstić information content (AvgIpc) is 2.45. The molecule has 0 unspecified atom stereocenters. The molecule has 0 aliphatic heterocycles. The van der Waals surface area contributed by atoms with E-state index in [1.165, 1.54) is 0 Å². The first-order chi connectivity index (χ1) is 9.63. The number of nitrogens with zero attached hydrogens (tertiary/aromatic N) is 2. The van der Waals surface area contributed by atoms with Crippen molar-refractivity contribution in [1.82, 2.24) is 0 Å². The minimum absolute atomic E-state index is 0.117. The Kier molecular flexibility index (Phi) is 4.08. The number of esters is 1. The number of carbonyl (C=O) groups excluding carboxylic acids is 1. The third-order valence-electron chi connectivity index (χ3n) is 2.94. The molecule has 4 nitrogen and oxygen atoms in total. The van der Waals surface area contributed by atoms with Crippen molar-refractivity contribution in [1.29, 1.82) is 0 Å². The van der Waals surface area contributed by atoms with Crippen molar-refractivity contribution >= 4 is 11.7 Å². The van der Waals surface area contributed by atoms with Crippen LogP contribution in [0.25, 0.3) is 5.53 Å². The van der Waals surface area contributed by atoms with Gasteiger partial charge in [0.2, 0.25) is 0 Å². The molecule has 0 atom stereocenters. The van der Waals surface area contributed by atoms with Crippen molar-refractivity contribution in [3.05, 3.63) is 70.8 Å². The van der Waals surface area contributed by atoms with E-state index in [-0.39, 0.29) is 5.71 Å². The van der Waals surface area contributed by atoms with E-state index in [1.807, 2.05) is 38.1 Å². The molecule has 20 heavy (non-hydrogen) atoms. The van der Waals surface area contributed by atoms with Crippen LogP contribution in [0.15, 0.2) is 48.5 Å². The summed E-state index contributed by atoms with van der Waals surface area (Å²) < 4.78 is 5.35. The lowest BCUT2D eigenvalue weighted by atomic mass is 10.1. The second-order valence-electron chi connectivity index (χ2n) is 4.43. The predicted molar refractivity (Wildman–Crippen MR) is 75.7 cm³/mol. The van der Waals surface area contributed by atoms with Gasteiger partial charge < -0.3 is 10.3 Å². The third kappa shape index (κ3) is 2.82. The Balaban J connectivity index is 2.30. The molecule has 2 aromatic rings. The summed E-state index contributed by atoms with van der Waals surface area (Å²) in [5.41, 5.74) is 11.1. The Morgan fingerprint density at radius 3 is 2.15 bits per heavy atom. The number of benzene rings is 2. The van der Waals surface area contributed by atoms with E-state index in [0.29, 0.717) is 11.3 Å². The molecular formula is C16H14N2O2. The van der Waals surface area contributed by atoms with Gasteiger partial charge in [-0.15, -0.1) is 0 Å². The van der Waals surface area contributed by atoms with Gasteiger partial charge in [-0.1, -0.05) is 36.4 Å². The minimum Gasteiger partial charge on any atom is -0.417 e. The first-order valence-corrected chi connectivity index (χ1v) is 6.19. The number of carbonyl (C=O) groups is 1. The van der Waals surface area contributed by atoms with Gasteiger partial charge in [-0.3, -0.25) is 0 Å². The van der Waals surface area contributed by atoms with Crippen molar-refractivity contribution in [3.8, 4) is 5.75 Å². The summed E-state index contributed by atoms with van der Waals surface area (Å²) in [6.07, 6.45) is 0. The lowest BCUT2D eigenvalue weighted by Crippen LogP contribution is -2.23. The maximum atomic E-state index is 12.1. The van der Waals surface area contributed by atoms with Crippen LogP contribution in [0.4, 0.5) is 0 Å². The van der Waals surface area contributed by atoms with Crippen LogP contribution in [0.5, 0.6) is 5.75 Å². The SMILES string of the molecule is Cc1cccc(C)c1OC(=O)C(=[N+]=[N-])c1ccccc1.